The predicted octanol–water partition coefficient (Wildman–Crippen LogP) is 1.23. The van der Waals surface area contributed by atoms with Crippen molar-refractivity contribution in [3.8, 4) is 0 Å². The van der Waals surface area contributed by atoms with Crippen LogP contribution in [0.15, 0.2) is 6.33 Å². The lowest BCUT2D eigenvalue weighted by molar-refractivity contribution is -0.0510. The molecule has 1 aromatic rings. The molecule has 0 saturated heterocycles. The second kappa shape index (κ2) is 2.80. The van der Waals surface area contributed by atoms with E-state index in [1.54, 1.807) is 4.68 Å². The summed E-state index contributed by atoms with van der Waals surface area (Å²) in [5, 5.41) is 14.2. The fourth-order valence-corrected chi connectivity index (χ4v) is 1.70. The largest absolute Gasteiger partial charge is 0.382 e. The summed E-state index contributed by atoms with van der Waals surface area (Å²) in [6.45, 7) is 4.08. The Morgan fingerprint density at radius 3 is 2.69 bits per heavy atom. The standard InChI is InChI=1S/C9H15N3O/c1-7(2)12-8(10-6-11-12)9(13)4-3-5-9/h6-7,13H,3-5H2,1-2H3. The Morgan fingerprint density at radius 1 is 1.54 bits per heavy atom. The average Bonchev–Trinajstić information content (AvgIpc) is 2.47. The first kappa shape index (κ1) is 8.69. The number of aromatic nitrogens is 3. The molecule has 0 unspecified atom stereocenters. The van der Waals surface area contributed by atoms with E-state index in [1.807, 2.05) is 13.8 Å². The van der Waals surface area contributed by atoms with Crippen LogP contribution in [0, 0.1) is 0 Å². The van der Waals surface area contributed by atoms with Crippen molar-refractivity contribution in [3.05, 3.63) is 12.2 Å². The molecule has 0 atom stereocenters. The molecule has 1 heterocycles. The summed E-state index contributed by atoms with van der Waals surface area (Å²) in [5.41, 5.74) is -0.694. The average molecular weight is 181 g/mol. The van der Waals surface area contributed by atoms with Gasteiger partial charge in [0.25, 0.3) is 0 Å². The van der Waals surface area contributed by atoms with Crippen molar-refractivity contribution in [2.45, 2.75) is 44.8 Å². The Balaban J connectivity index is 2.34. The Hall–Kier alpha value is -0.900. The van der Waals surface area contributed by atoms with Crippen LogP contribution in [0.4, 0.5) is 0 Å². The highest BCUT2D eigenvalue weighted by atomic mass is 16.3. The number of hydrogen-bond donors (Lipinski definition) is 1. The summed E-state index contributed by atoms with van der Waals surface area (Å²) in [7, 11) is 0. The molecule has 1 fully saturated rings. The van der Waals surface area contributed by atoms with Gasteiger partial charge in [0.1, 0.15) is 11.9 Å². The zero-order valence-electron chi connectivity index (χ0n) is 8.06. The quantitative estimate of drug-likeness (QED) is 0.746. The van der Waals surface area contributed by atoms with Gasteiger partial charge in [-0.1, -0.05) is 0 Å². The van der Waals surface area contributed by atoms with Crippen LogP contribution >= 0.6 is 0 Å². The zero-order chi connectivity index (χ0) is 9.47. The first-order valence-electron chi connectivity index (χ1n) is 4.76. The molecule has 0 aliphatic heterocycles. The minimum atomic E-state index is -0.694. The van der Waals surface area contributed by atoms with E-state index in [9.17, 15) is 5.11 Å². The summed E-state index contributed by atoms with van der Waals surface area (Å²) < 4.78 is 1.80. The lowest BCUT2D eigenvalue weighted by atomic mass is 9.79. The molecule has 1 saturated carbocycles. The predicted molar refractivity (Wildman–Crippen MR) is 48.2 cm³/mol. The van der Waals surface area contributed by atoms with Crippen LogP contribution in [-0.4, -0.2) is 19.9 Å². The van der Waals surface area contributed by atoms with Gasteiger partial charge >= 0.3 is 0 Å². The van der Waals surface area contributed by atoms with E-state index >= 15 is 0 Å². The maximum absolute atomic E-state index is 10.1. The monoisotopic (exact) mass is 181 g/mol. The van der Waals surface area contributed by atoms with Crippen molar-refractivity contribution < 1.29 is 5.11 Å². The molecule has 1 aromatic heterocycles. The molecule has 0 amide bonds. The molecule has 1 N–H and O–H groups in total. The van der Waals surface area contributed by atoms with Gasteiger partial charge in [0.05, 0.1) is 0 Å². The fraction of sp³-hybridized carbons (Fsp3) is 0.778. The van der Waals surface area contributed by atoms with Gasteiger partial charge in [-0.15, -0.1) is 0 Å². The van der Waals surface area contributed by atoms with Gasteiger partial charge in [0, 0.05) is 6.04 Å². The van der Waals surface area contributed by atoms with E-state index < -0.39 is 5.60 Å². The molecule has 0 aromatic carbocycles. The fourth-order valence-electron chi connectivity index (χ4n) is 1.70. The van der Waals surface area contributed by atoms with Crippen LogP contribution in [-0.2, 0) is 5.60 Å². The second-order valence-corrected chi connectivity index (χ2v) is 4.01. The molecule has 0 bridgehead atoms. The maximum Gasteiger partial charge on any atom is 0.159 e. The van der Waals surface area contributed by atoms with Crippen LogP contribution in [0.5, 0.6) is 0 Å². The van der Waals surface area contributed by atoms with E-state index in [4.69, 9.17) is 0 Å². The lowest BCUT2D eigenvalue weighted by Crippen LogP contribution is -2.37. The van der Waals surface area contributed by atoms with Crippen LogP contribution in [0.3, 0.4) is 0 Å². The molecule has 0 radical (unpaired) electrons. The number of rotatable bonds is 2. The van der Waals surface area contributed by atoms with Gasteiger partial charge in [0.15, 0.2) is 5.82 Å². The van der Waals surface area contributed by atoms with E-state index in [0.29, 0.717) is 0 Å². The Kier molecular flexibility index (Phi) is 1.87. The number of aliphatic hydroxyl groups is 1. The van der Waals surface area contributed by atoms with Crippen molar-refractivity contribution in [1.82, 2.24) is 14.8 Å². The summed E-state index contributed by atoms with van der Waals surface area (Å²) in [4.78, 5) is 4.13. The Morgan fingerprint density at radius 2 is 2.23 bits per heavy atom. The topological polar surface area (TPSA) is 50.9 Å². The zero-order valence-corrected chi connectivity index (χ0v) is 8.06. The van der Waals surface area contributed by atoms with Gasteiger partial charge < -0.3 is 5.11 Å². The molecule has 13 heavy (non-hydrogen) atoms. The van der Waals surface area contributed by atoms with Crippen LogP contribution in [0.25, 0.3) is 0 Å². The molecule has 1 aliphatic rings. The molecule has 4 heteroatoms. The molecule has 0 spiro atoms. The van der Waals surface area contributed by atoms with Crippen LogP contribution < -0.4 is 0 Å². The van der Waals surface area contributed by atoms with Crippen molar-refractivity contribution in [1.29, 1.82) is 0 Å². The molecule has 4 nitrogen and oxygen atoms in total. The van der Waals surface area contributed by atoms with Gasteiger partial charge in [-0.3, -0.25) is 0 Å². The van der Waals surface area contributed by atoms with Crippen molar-refractivity contribution in [2.24, 2.45) is 0 Å². The lowest BCUT2D eigenvalue weighted by Gasteiger charge is -2.35. The summed E-state index contributed by atoms with van der Waals surface area (Å²) in [6, 6.07) is 0.266. The minimum absolute atomic E-state index is 0.266. The van der Waals surface area contributed by atoms with Crippen LogP contribution in [0.2, 0.25) is 0 Å². The maximum atomic E-state index is 10.1. The molecule has 72 valence electrons. The smallest absolute Gasteiger partial charge is 0.159 e. The molecule has 2 rings (SSSR count). The van der Waals surface area contributed by atoms with Gasteiger partial charge in [-0.2, -0.15) is 5.10 Å². The van der Waals surface area contributed by atoms with E-state index in [2.05, 4.69) is 10.1 Å². The van der Waals surface area contributed by atoms with Crippen molar-refractivity contribution in [3.63, 3.8) is 0 Å². The Labute approximate surface area is 77.6 Å². The van der Waals surface area contributed by atoms with Crippen LogP contribution in [0.1, 0.15) is 45.0 Å². The number of hydrogen-bond acceptors (Lipinski definition) is 3. The van der Waals surface area contributed by atoms with E-state index in [-0.39, 0.29) is 6.04 Å². The van der Waals surface area contributed by atoms with Gasteiger partial charge in [0.2, 0.25) is 0 Å². The third kappa shape index (κ3) is 1.25. The first-order chi connectivity index (χ1) is 6.13. The highest BCUT2D eigenvalue weighted by molar-refractivity contribution is 5.06. The highest BCUT2D eigenvalue weighted by Gasteiger charge is 2.40. The third-order valence-corrected chi connectivity index (χ3v) is 2.66. The molecular weight excluding hydrogens is 166 g/mol. The number of nitrogens with zero attached hydrogens (tertiary/aromatic N) is 3. The van der Waals surface area contributed by atoms with Crippen molar-refractivity contribution in [2.75, 3.05) is 0 Å². The first-order valence-corrected chi connectivity index (χ1v) is 4.76. The van der Waals surface area contributed by atoms with E-state index in [1.165, 1.54) is 6.33 Å². The summed E-state index contributed by atoms with van der Waals surface area (Å²) in [6.07, 6.45) is 4.24. The summed E-state index contributed by atoms with van der Waals surface area (Å²) in [5.74, 6) is 0.730. The normalized spacial score (nSPS) is 20.3. The van der Waals surface area contributed by atoms with Gasteiger partial charge in [-0.05, 0) is 33.1 Å². The van der Waals surface area contributed by atoms with Gasteiger partial charge in [-0.25, -0.2) is 9.67 Å². The second-order valence-electron chi connectivity index (χ2n) is 4.01. The minimum Gasteiger partial charge on any atom is -0.382 e. The summed E-state index contributed by atoms with van der Waals surface area (Å²) >= 11 is 0. The Bertz CT molecular complexity index is 302. The van der Waals surface area contributed by atoms with Crippen molar-refractivity contribution >= 4 is 0 Å². The molecule has 1 aliphatic carbocycles. The van der Waals surface area contributed by atoms with E-state index in [0.717, 1.165) is 25.1 Å². The SMILES string of the molecule is CC(C)n1ncnc1C1(O)CCC1. The highest BCUT2D eigenvalue weighted by Crippen LogP contribution is 2.40. The third-order valence-electron chi connectivity index (χ3n) is 2.66. The molecular formula is C9H15N3O.